The van der Waals surface area contributed by atoms with Gasteiger partial charge < -0.3 is 9.88 Å². The molecule has 1 amide bonds. The van der Waals surface area contributed by atoms with Crippen molar-refractivity contribution in [1.29, 1.82) is 5.26 Å². The molecule has 0 atom stereocenters. The van der Waals surface area contributed by atoms with Crippen molar-refractivity contribution < 1.29 is 9.59 Å². The molecule has 0 aromatic carbocycles. The van der Waals surface area contributed by atoms with Crippen LogP contribution in [0.5, 0.6) is 0 Å². The predicted octanol–water partition coefficient (Wildman–Crippen LogP) is 1.98. The van der Waals surface area contributed by atoms with Gasteiger partial charge in [-0.15, -0.1) is 0 Å². The van der Waals surface area contributed by atoms with Gasteiger partial charge in [0.25, 0.3) is 5.91 Å². The highest BCUT2D eigenvalue weighted by Crippen LogP contribution is 2.24. The Kier molecular flexibility index (Phi) is 4.00. The van der Waals surface area contributed by atoms with E-state index in [4.69, 9.17) is 5.26 Å². The van der Waals surface area contributed by atoms with E-state index >= 15 is 0 Å². The summed E-state index contributed by atoms with van der Waals surface area (Å²) < 4.78 is 1.56. The maximum atomic E-state index is 12.0. The van der Waals surface area contributed by atoms with Crippen LogP contribution in [0.2, 0.25) is 0 Å². The Bertz CT molecular complexity index is 533. The summed E-state index contributed by atoms with van der Waals surface area (Å²) in [6.45, 7) is 0. The van der Waals surface area contributed by atoms with Crippen molar-refractivity contribution in [3.63, 3.8) is 0 Å². The predicted molar refractivity (Wildman–Crippen MR) is 70.3 cm³/mol. The largest absolute Gasteiger partial charge is 0.322 e. The number of amides is 1. The molecule has 0 bridgehead atoms. The second kappa shape index (κ2) is 5.70. The van der Waals surface area contributed by atoms with Gasteiger partial charge in [0.1, 0.15) is 17.6 Å². The minimum absolute atomic E-state index is 0.135. The summed E-state index contributed by atoms with van der Waals surface area (Å²) in [7, 11) is 1.68. The van der Waals surface area contributed by atoms with E-state index in [2.05, 4.69) is 5.32 Å². The number of carbonyl (C=O) groups is 2. The maximum absolute atomic E-state index is 12.0. The van der Waals surface area contributed by atoms with E-state index in [0.717, 1.165) is 32.1 Å². The number of rotatable bonds is 3. The highest BCUT2D eigenvalue weighted by atomic mass is 16.2. The third kappa shape index (κ3) is 2.84. The molecule has 100 valence electrons. The molecule has 1 fully saturated rings. The van der Waals surface area contributed by atoms with E-state index in [9.17, 15) is 9.59 Å². The standard InChI is InChI=1S/C14H17N3O2/c1-17-11(9-15)7-8-12(17)16-14(19)13(18)10-5-3-2-4-6-10/h7-8,10H,2-6H2,1H3,(H,16,19). The summed E-state index contributed by atoms with van der Waals surface area (Å²) in [5.74, 6) is -0.563. The van der Waals surface area contributed by atoms with E-state index in [1.165, 1.54) is 0 Å². The molecule has 2 rings (SSSR count). The topological polar surface area (TPSA) is 74.9 Å². The number of Topliss-reactive ketones (excluding diaryl/α,β-unsaturated/α-hetero) is 1. The molecule has 0 aliphatic heterocycles. The molecule has 1 aromatic rings. The minimum Gasteiger partial charge on any atom is -0.322 e. The van der Waals surface area contributed by atoms with E-state index in [1.54, 1.807) is 23.7 Å². The average molecular weight is 259 g/mol. The number of nitrogens with zero attached hydrogens (tertiary/aromatic N) is 2. The van der Waals surface area contributed by atoms with Crippen molar-refractivity contribution in [2.75, 3.05) is 5.32 Å². The van der Waals surface area contributed by atoms with Crippen LogP contribution in [0.4, 0.5) is 5.82 Å². The summed E-state index contributed by atoms with van der Waals surface area (Å²) >= 11 is 0. The number of hydrogen-bond donors (Lipinski definition) is 1. The molecule has 5 heteroatoms. The summed E-state index contributed by atoms with van der Waals surface area (Å²) in [4.78, 5) is 23.9. The highest BCUT2D eigenvalue weighted by Gasteiger charge is 2.27. The van der Waals surface area contributed by atoms with Crippen molar-refractivity contribution in [3.8, 4) is 6.07 Å². The monoisotopic (exact) mass is 259 g/mol. The second-order valence-electron chi connectivity index (χ2n) is 4.93. The van der Waals surface area contributed by atoms with Crippen molar-refractivity contribution in [3.05, 3.63) is 17.8 Å². The molecular formula is C14H17N3O2. The van der Waals surface area contributed by atoms with Crippen LogP contribution in [0.15, 0.2) is 12.1 Å². The van der Waals surface area contributed by atoms with Gasteiger partial charge in [-0.3, -0.25) is 9.59 Å². The molecule has 1 aliphatic rings. The fourth-order valence-corrected chi connectivity index (χ4v) is 2.48. The first kappa shape index (κ1) is 13.3. The zero-order valence-corrected chi connectivity index (χ0v) is 11.0. The van der Waals surface area contributed by atoms with Crippen LogP contribution in [-0.2, 0) is 16.6 Å². The molecule has 0 unspecified atom stereocenters. The first-order valence-electron chi connectivity index (χ1n) is 6.54. The SMILES string of the molecule is Cn1c(C#N)ccc1NC(=O)C(=O)C1CCCCC1. The Hall–Kier alpha value is -2.09. The van der Waals surface area contributed by atoms with Gasteiger partial charge in [0.2, 0.25) is 5.78 Å². The van der Waals surface area contributed by atoms with Gasteiger partial charge in [0.15, 0.2) is 0 Å². The molecule has 5 nitrogen and oxygen atoms in total. The lowest BCUT2D eigenvalue weighted by molar-refractivity contribution is -0.137. The molecule has 1 N–H and O–H groups in total. The van der Waals surface area contributed by atoms with Gasteiger partial charge in [-0.1, -0.05) is 19.3 Å². The maximum Gasteiger partial charge on any atom is 0.293 e. The van der Waals surface area contributed by atoms with Gasteiger partial charge in [-0.25, -0.2) is 0 Å². The lowest BCUT2D eigenvalue weighted by Crippen LogP contribution is -2.31. The van der Waals surface area contributed by atoms with Crippen molar-refractivity contribution in [2.24, 2.45) is 13.0 Å². The van der Waals surface area contributed by atoms with Gasteiger partial charge >= 0.3 is 0 Å². The molecule has 19 heavy (non-hydrogen) atoms. The van der Waals surface area contributed by atoms with Crippen LogP contribution in [0.1, 0.15) is 37.8 Å². The Balaban J connectivity index is 2.02. The normalized spacial score (nSPS) is 15.8. The number of hydrogen-bond acceptors (Lipinski definition) is 3. The first-order valence-corrected chi connectivity index (χ1v) is 6.54. The number of anilines is 1. The van der Waals surface area contributed by atoms with Crippen LogP contribution in [0.25, 0.3) is 0 Å². The summed E-state index contributed by atoms with van der Waals surface area (Å²) in [5, 5.41) is 11.4. The van der Waals surface area contributed by atoms with Gasteiger partial charge in [-0.05, 0) is 25.0 Å². The molecule has 1 heterocycles. The third-order valence-corrected chi connectivity index (χ3v) is 3.68. The number of nitrogens with one attached hydrogen (secondary N) is 1. The lowest BCUT2D eigenvalue weighted by atomic mass is 9.86. The summed E-state index contributed by atoms with van der Waals surface area (Å²) in [5.41, 5.74) is 0.445. The molecular weight excluding hydrogens is 242 g/mol. The van der Waals surface area contributed by atoms with Crippen molar-refractivity contribution in [1.82, 2.24) is 4.57 Å². The highest BCUT2D eigenvalue weighted by molar-refractivity contribution is 6.41. The zero-order chi connectivity index (χ0) is 13.8. The third-order valence-electron chi connectivity index (χ3n) is 3.68. The number of carbonyl (C=O) groups excluding carboxylic acids is 2. The summed E-state index contributed by atoms with van der Waals surface area (Å²) in [6.07, 6.45) is 4.80. The average Bonchev–Trinajstić information content (AvgIpc) is 2.79. The van der Waals surface area contributed by atoms with Gasteiger partial charge in [0, 0.05) is 13.0 Å². The van der Waals surface area contributed by atoms with E-state index in [-0.39, 0.29) is 11.7 Å². The molecule has 1 saturated carbocycles. The van der Waals surface area contributed by atoms with Gasteiger partial charge in [0.05, 0.1) is 0 Å². The van der Waals surface area contributed by atoms with Crippen LogP contribution >= 0.6 is 0 Å². The van der Waals surface area contributed by atoms with Crippen molar-refractivity contribution in [2.45, 2.75) is 32.1 Å². The number of ketones is 1. The summed E-state index contributed by atoms with van der Waals surface area (Å²) in [6, 6.07) is 5.25. The smallest absolute Gasteiger partial charge is 0.293 e. The molecule has 0 radical (unpaired) electrons. The first-order chi connectivity index (χ1) is 9.13. The number of nitriles is 1. The van der Waals surface area contributed by atoms with Crippen LogP contribution in [-0.4, -0.2) is 16.3 Å². The number of aromatic nitrogens is 1. The lowest BCUT2D eigenvalue weighted by Gasteiger charge is -2.19. The fraction of sp³-hybridized carbons (Fsp3) is 0.500. The molecule has 1 aliphatic carbocycles. The molecule has 0 saturated heterocycles. The van der Waals surface area contributed by atoms with Crippen molar-refractivity contribution >= 4 is 17.5 Å². The minimum atomic E-state index is -0.572. The quantitative estimate of drug-likeness (QED) is 0.843. The second-order valence-corrected chi connectivity index (χ2v) is 4.93. The van der Waals surface area contributed by atoms with Crippen LogP contribution in [0, 0.1) is 17.2 Å². The molecule has 1 aromatic heterocycles. The van der Waals surface area contributed by atoms with E-state index < -0.39 is 5.91 Å². The van der Waals surface area contributed by atoms with Crippen LogP contribution in [0.3, 0.4) is 0 Å². The van der Waals surface area contributed by atoms with E-state index in [0.29, 0.717) is 11.5 Å². The van der Waals surface area contributed by atoms with Gasteiger partial charge in [-0.2, -0.15) is 5.26 Å². The fourth-order valence-electron chi connectivity index (χ4n) is 2.48. The Morgan fingerprint density at radius 3 is 2.58 bits per heavy atom. The molecule has 0 spiro atoms. The Labute approximate surface area is 112 Å². The Morgan fingerprint density at radius 2 is 2.00 bits per heavy atom. The Morgan fingerprint density at radius 1 is 1.32 bits per heavy atom. The van der Waals surface area contributed by atoms with Crippen LogP contribution < -0.4 is 5.32 Å². The zero-order valence-electron chi connectivity index (χ0n) is 11.0. The van der Waals surface area contributed by atoms with E-state index in [1.807, 2.05) is 6.07 Å².